The lowest BCUT2D eigenvalue weighted by Gasteiger charge is -2.09. The number of ether oxygens (including phenoxy) is 2. The average Bonchev–Trinajstić information content (AvgIpc) is 2.52. The van der Waals surface area contributed by atoms with Gasteiger partial charge in [0.25, 0.3) is 0 Å². The molecule has 0 fully saturated rings. The van der Waals surface area contributed by atoms with Crippen molar-refractivity contribution in [1.29, 1.82) is 0 Å². The Bertz CT molecular complexity index is 587. The van der Waals surface area contributed by atoms with Crippen LogP contribution in [-0.4, -0.2) is 20.8 Å². The maximum Gasteiger partial charge on any atom is 0.160 e. The molecule has 4 heteroatoms. The molecule has 2 aromatic carbocycles. The Kier molecular flexibility index (Phi) is 5.58. The molecule has 2 aromatic rings. The predicted octanol–water partition coefficient (Wildman–Crippen LogP) is 2.15. The van der Waals surface area contributed by atoms with Crippen molar-refractivity contribution in [1.82, 2.24) is 0 Å². The molecule has 0 saturated heterocycles. The summed E-state index contributed by atoms with van der Waals surface area (Å²) in [4.78, 5) is 0. The normalized spacial score (nSPS) is 10.4. The lowest BCUT2D eigenvalue weighted by molar-refractivity contribution is -0.670. The third-order valence-corrected chi connectivity index (χ3v) is 3.41. The highest BCUT2D eigenvalue weighted by Gasteiger charge is 2.06. The fraction of sp³-hybridized carbons (Fsp3) is 0.294. The van der Waals surface area contributed by atoms with Crippen molar-refractivity contribution in [2.75, 3.05) is 20.8 Å². The Morgan fingerprint density at radius 1 is 1.00 bits per heavy atom. The summed E-state index contributed by atoms with van der Waals surface area (Å²) in [5.41, 5.74) is 1.92. The standard InChI is InChI=1S/C17H20FNO2/c1-20-16-8-7-13(11-17(16)21-2)9-10-19-12-14-5-3-4-6-15(14)18/h3-8,11,19H,9-10,12H2,1-2H3/p+1. The molecule has 0 aliphatic carbocycles. The third-order valence-electron chi connectivity index (χ3n) is 3.41. The maximum atomic E-state index is 13.5. The minimum Gasteiger partial charge on any atom is -0.493 e. The van der Waals surface area contributed by atoms with Gasteiger partial charge in [-0.2, -0.15) is 0 Å². The van der Waals surface area contributed by atoms with Crippen LogP contribution in [0.3, 0.4) is 0 Å². The zero-order chi connectivity index (χ0) is 15.1. The highest BCUT2D eigenvalue weighted by molar-refractivity contribution is 5.42. The van der Waals surface area contributed by atoms with E-state index in [9.17, 15) is 4.39 Å². The van der Waals surface area contributed by atoms with Gasteiger partial charge in [-0.25, -0.2) is 4.39 Å². The summed E-state index contributed by atoms with van der Waals surface area (Å²) in [6.07, 6.45) is 0.898. The van der Waals surface area contributed by atoms with Gasteiger partial charge in [-0.05, 0) is 23.8 Å². The fourth-order valence-electron chi connectivity index (χ4n) is 2.23. The van der Waals surface area contributed by atoms with E-state index in [0.29, 0.717) is 6.54 Å². The number of hydrogen-bond acceptors (Lipinski definition) is 2. The molecule has 0 amide bonds. The lowest BCUT2D eigenvalue weighted by atomic mass is 10.1. The van der Waals surface area contributed by atoms with Crippen molar-refractivity contribution >= 4 is 0 Å². The Labute approximate surface area is 124 Å². The molecule has 0 heterocycles. The number of hydrogen-bond donors (Lipinski definition) is 1. The van der Waals surface area contributed by atoms with E-state index >= 15 is 0 Å². The molecule has 0 aromatic heterocycles. The highest BCUT2D eigenvalue weighted by Crippen LogP contribution is 2.27. The van der Waals surface area contributed by atoms with Crippen LogP contribution in [0.2, 0.25) is 0 Å². The highest BCUT2D eigenvalue weighted by atomic mass is 19.1. The molecule has 0 atom stereocenters. The summed E-state index contributed by atoms with van der Waals surface area (Å²) < 4.78 is 24.0. The summed E-state index contributed by atoms with van der Waals surface area (Å²) in [6, 6.07) is 12.8. The first kappa shape index (κ1) is 15.3. The van der Waals surface area contributed by atoms with Crippen LogP contribution in [0.1, 0.15) is 11.1 Å². The van der Waals surface area contributed by atoms with E-state index in [-0.39, 0.29) is 5.82 Å². The monoisotopic (exact) mass is 290 g/mol. The molecular weight excluding hydrogens is 269 g/mol. The minimum absolute atomic E-state index is 0.139. The second-order valence-electron chi connectivity index (χ2n) is 4.81. The predicted molar refractivity (Wildman–Crippen MR) is 80.1 cm³/mol. The zero-order valence-corrected chi connectivity index (χ0v) is 12.4. The molecule has 0 bridgehead atoms. The molecule has 112 valence electrons. The third kappa shape index (κ3) is 4.20. The van der Waals surface area contributed by atoms with Gasteiger partial charge in [-0.1, -0.05) is 24.3 Å². The van der Waals surface area contributed by atoms with E-state index < -0.39 is 0 Å². The second kappa shape index (κ2) is 7.64. The largest absolute Gasteiger partial charge is 0.493 e. The van der Waals surface area contributed by atoms with Crippen molar-refractivity contribution in [2.45, 2.75) is 13.0 Å². The summed E-state index contributed by atoms with van der Waals surface area (Å²) in [5, 5.41) is 2.11. The SMILES string of the molecule is COc1ccc(CC[NH2+]Cc2ccccc2F)cc1OC. The van der Waals surface area contributed by atoms with E-state index in [4.69, 9.17) is 9.47 Å². The Morgan fingerprint density at radius 3 is 2.48 bits per heavy atom. The van der Waals surface area contributed by atoms with Crippen LogP contribution in [0, 0.1) is 5.82 Å². The van der Waals surface area contributed by atoms with Gasteiger partial charge < -0.3 is 14.8 Å². The summed E-state index contributed by atoms with van der Waals surface area (Å²) in [6.45, 7) is 1.55. The molecule has 0 spiro atoms. The zero-order valence-electron chi connectivity index (χ0n) is 12.4. The lowest BCUT2D eigenvalue weighted by Crippen LogP contribution is -2.83. The number of rotatable bonds is 7. The summed E-state index contributed by atoms with van der Waals surface area (Å²) >= 11 is 0. The van der Waals surface area contributed by atoms with Gasteiger partial charge in [0.15, 0.2) is 11.5 Å². The van der Waals surface area contributed by atoms with E-state index in [1.807, 2.05) is 30.3 Å². The van der Waals surface area contributed by atoms with E-state index in [0.717, 1.165) is 30.0 Å². The number of methoxy groups -OCH3 is 2. The topological polar surface area (TPSA) is 35.1 Å². The van der Waals surface area contributed by atoms with Gasteiger partial charge >= 0.3 is 0 Å². The maximum absolute atomic E-state index is 13.5. The Hall–Kier alpha value is -2.07. The van der Waals surface area contributed by atoms with E-state index in [1.54, 1.807) is 20.3 Å². The van der Waals surface area contributed by atoms with Gasteiger partial charge in [0, 0.05) is 12.0 Å². The van der Waals surface area contributed by atoms with Crippen LogP contribution in [-0.2, 0) is 13.0 Å². The van der Waals surface area contributed by atoms with Crippen LogP contribution < -0.4 is 14.8 Å². The first-order chi connectivity index (χ1) is 10.2. The molecule has 0 saturated carbocycles. The average molecular weight is 290 g/mol. The number of halogens is 1. The molecule has 21 heavy (non-hydrogen) atoms. The van der Waals surface area contributed by atoms with Crippen LogP contribution in [0.4, 0.5) is 4.39 Å². The molecule has 0 aliphatic rings. The summed E-state index contributed by atoms with van der Waals surface area (Å²) in [7, 11) is 3.26. The van der Waals surface area contributed by atoms with Gasteiger partial charge in [0.1, 0.15) is 12.4 Å². The van der Waals surface area contributed by atoms with Crippen LogP contribution in [0.15, 0.2) is 42.5 Å². The Balaban J connectivity index is 1.85. The van der Waals surface area contributed by atoms with Crippen molar-refractivity contribution in [2.24, 2.45) is 0 Å². The number of benzene rings is 2. The second-order valence-corrected chi connectivity index (χ2v) is 4.81. The molecule has 2 N–H and O–H groups in total. The van der Waals surface area contributed by atoms with Crippen molar-refractivity contribution < 1.29 is 19.2 Å². The van der Waals surface area contributed by atoms with Crippen molar-refractivity contribution in [3.63, 3.8) is 0 Å². The first-order valence-corrected chi connectivity index (χ1v) is 7.00. The molecule has 3 nitrogen and oxygen atoms in total. The molecule has 0 unspecified atom stereocenters. The van der Waals surface area contributed by atoms with Gasteiger partial charge in [-0.3, -0.25) is 0 Å². The summed E-state index contributed by atoms with van der Waals surface area (Å²) in [5.74, 6) is 1.33. The van der Waals surface area contributed by atoms with Gasteiger partial charge in [0.05, 0.1) is 20.8 Å². The smallest absolute Gasteiger partial charge is 0.160 e. The molecule has 0 aliphatic heterocycles. The van der Waals surface area contributed by atoms with Crippen molar-refractivity contribution in [3.05, 3.63) is 59.4 Å². The molecule has 0 radical (unpaired) electrons. The van der Waals surface area contributed by atoms with Crippen LogP contribution in [0.5, 0.6) is 11.5 Å². The van der Waals surface area contributed by atoms with Crippen LogP contribution in [0.25, 0.3) is 0 Å². The quantitative estimate of drug-likeness (QED) is 0.793. The van der Waals surface area contributed by atoms with Gasteiger partial charge in [0.2, 0.25) is 0 Å². The van der Waals surface area contributed by atoms with Gasteiger partial charge in [-0.15, -0.1) is 0 Å². The number of nitrogens with two attached hydrogens (primary N) is 1. The Morgan fingerprint density at radius 2 is 1.76 bits per heavy atom. The fourth-order valence-corrected chi connectivity index (χ4v) is 2.23. The molecular formula is C17H21FNO2+. The van der Waals surface area contributed by atoms with Crippen molar-refractivity contribution in [3.8, 4) is 11.5 Å². The van der Waals surface area contributed by atoms with E-state index in [1.165, 1.54) is 11.6 Å². The first-order valence-electron chi connectivity index (χ1n) is 7.00. The van der Waals surface area contributed by atoms with Crippen LogP contribution >= 0.6 is 0 Å². The number of quaternary nitrogens is 1. The molecule has 2 rings (SSSR count). The minimum atomic E-state index is -0.139. The van der Waals surface area contributed by atoms with E-state index in [2.05, 4.69) is 5.32 Å².